The molecule has 2 unspecified atom stereocenters. The SMILES string of the molecule is CC(OS(=O)C(F)(F)F)c1ccccc1. The van der Waals surface area contributed by atoms with Crippen LogP contribution in [0.5, 0.6) is 0 Å². The molecule has 0 radical (unpaired) electrons. The molecular weight excluding hydrogens is 229 g/mol. The molecule has 2 atom stereocenters. The van der Waals surface area contributed by atoms with E-state index >= 15 is 0 Å². The molecule has 0 aliphatic heterocycles. The molecule has 1 rings (SSSR count). The van der Waals surface area contributed by atoms with Crippen LogP contribution in [0.15, 0.2) is 30.3 Å². The largest absolute Gasteiger partial charge is 0.497 e. The zero-order valence-electron chi connectivity index (χ0n) is 7.82. The molecule has 1 aromatic rings. The van der Waals surface area contributed by atoms with E-state index in [2.05, 4.69) is 4.18 Å². The second-order valence-electron chi connectivity index (χ2n) is 2.83. The lowest BCUT2D eigenvalue weighted by atomic mass is 10.1. The van der Waals surface area contributed by atoms with Gasteiger partial charge in [-0.25, -0.2) is 4.21 Å². The Morgan fingerprint density at radius 1 is 1.27 bits per heavy atom. The Bertz CT molecular complexity index is 337. The number of hydrogen-bond acceptors (Lipinski definition) is 2. The van der Waals surface area contributed by atoms with E-state index in [-0.39, 0.29) is 0 Å². The summed E-state index contributed by atoms with van der Waals surface area (Å²) in [5, 5.41) is 0. The Morgan fingerprint density at radius 3 is 2.27 bits per heavy atom. The number of hydrogen-bond donors (Lipinski definition) is 0. The highest BCUT2D eigenvalue weighted by Gasteiger charge is 2.39. The molecule has 84 valence electrons. The van der Waals surface area contributed by atoms with Crippen molar-refractivity contribution >= 4 is 11.1 Å². The van der Waals surface area contributed by atoms with Crippen molar-refractivity contribution in [1.29, 1.82) is 0 Å². The van der Waals surface area contributed by atoms with Crippen molar-refractivity contribution in [3.8, 4) is 0 Å². The highest BCUT2D eigenvalue weighted by atomic mass is 32.2. The lowest BCUT2D eigenvalue weighted by Crippen LogP contribution is -2.19. The number of halogens is 3. The van der Waals surface area contributed by atoms with Crippen LogP contribution < -0.4 is 0 Å². The fourth-order valence-electron chi connectivity index (χ4n) is 0.965. The number of benzene rings is 1. The van der Waals surface area contributed by atoms with Gasteiger partial charge < -0.3 is 0 Å². The third kappa shape index (κ3) is 3.64. The van der Waals surface area contributed by atoms with Gasteiger partial charge in [-0.2, -0.15) is 13.2 Å². The summed E-state index contributed by atoms with van der Waals surface area (Å²) >= 11 is -3.27. The van der Waals surface area contributed by atoms with Crippen molar-refractivity contribution in [2.75, 3.05) is 0 Å². The highest BCUT2D eigenvalue weighted by molar-refractivity contribution is 7.81. The molecule has 0 N–H and O–H groups in total. The van der Waals surface area contributed by atoms with Crippen LogP contribution in [0.3, 0.4) is 0 Å². The summed E-state index contributed by atoms with van der Waals surface area (Å²) in [4.78, 5) is 0. The molecule has 1 aromatic carbocycles. The molecule has 0 aromatic heterocycles. The standard InChI is InChI=1S/C9H9F3O2S/c1-7(8-5-3-2-4-6-8)14-15(13)9(10,11)12/h2-7H,1H3. The average molecular weight is 238 g/mol. The summed E-state index contributed by atoms with van der Waals surface area (Å²) < 4.78 is 50.7. The summed E-state index contributed by atoms with van der Waals surface area (Å²) in [5.41, 5.74) is -4.28. The first-order valence-electron chi connectivity index (χ1n) is 4.12. The zero-order chi connectivity index (χ0) is 11.5. The minimum absolute atomic E-state index is 0.551. The van der Waals surface area contributed by atoms with Gasteiger partial charge in [-0.15, -0.1) is 0 Å². The summed E-state index contributed by atoms with van der Waals surface area (Å²) in [6.45, 7) is 1.42. The van der Waals surface area contributed by atoms with E-state index in [1.54, 1.807) is 30.3 Å². The fraction of sp³-hybridized carbons (Fsp3) is 0.333. The summed E-state index contributed by atoms with van der Waals surface area (Å²) in [6, 6.07) is 8.30. The second kappa shape index (κ2) is 4.76. The van der Waals surface area contributed by atoms with Crippen LogP contribution in [0, 0.1) is 0 Å². The molecule has 2 nitrogen and oxygen atoms in total. The van der Waals surface area contributed by atoms with E-state index in [9.17, 15) is 17.4 Å². The minimum Gasteiger partial charge on any atom is -0.276 e. The van der Waals surface area contributed by atoms with E-state index in [1.807, 2.05) is 0 Å². The highest BCUT2D eigenvalue weighted by Crippen LogP contribution is 2.26. The maximum atomic E-state index is 11.9. The molecule has 0 heterocycles. The average Bonchev–Trinajstić information content (AvgIpc) is 2.17. The number of rotatable bonds is 3. The van der Waals surface area contributed by atoms with Gasteiger partial charge in [-0.05, 0) is 12.5 Å². The van der Waals surface area contributed by atoms with Crippen LogP contribution in [0.2, 0.25) is 0 Å². The molecule has 0 saturated carbocycles. The monoisotopic (exact) mass is 238 g/mol. The molecule has 15 heavy (non-hydrogen) atoms. The third-order valence-electron chi connectivity index (χ3n) is 1.69. The summed E-state index contributed by atoms with van der Waals surface area (Å²) in [6.07, 6.45) is -0.853. The van der Waals surface area contributed by atoms with Crippen molar-refractivity contribution in [3.63, 3.8) is 0 Å². The van der Waals surface area contributed by atoms with Gasteiger partial charge in [0.25, 0.3) is 11.1 Å². The molecule has 0 aliphatic carbocycles. The summed E-state index contributed by atoms with van der Waals surface area (Å²) in [7, 11) is 0. The lowest BCUT2D eigenvalue weighted by molar-refractivity contribution is -0.0495. The van der Waals surface area contributed by atoms with Crippen LogP contribution >= 0.6 is 0 Å². The van der Waals surface area contributed by atoms with Gasteiger partial charge in [0.05, 0.1) is 6.10 Å². The second-order valence-corrected chi connectivity index (χ2v) is 3.95. The fourth-order valence-corrected chi connectivity index (χ4v) is 1.45. The molecule has 0 saturated heterocycles. The third-order valence-corrected chi connectivity index (χ3v) is 2.53. The Kier molecular flexibility index (Phi) is 3.87. The van der Waals surface area contributed by atoms with E-state index in [0.29, 0.717) is 5.56 Å². The molecule has 0 bridgehead atoms. The number of alkyl halides is 3. The van der Waals surface area contributed by atoms with Gasteiger partial charge in [0.2, 0.25) is 0 Å². The van der Waals surface area contributed by atoms with Gasteiger partial charge in [0.15, 0.2) is 0 Å². The van der Waals surface area contributed by atoms with Crippen molar-refractivity contribution < 1.29 is 21.6 Å². The minimum atomic E-state index is -4.83. The first-order chi connectivity index (χ1) is 6.91. The molecular formula is C9H9F3O2S. The maximum absolute atomic E-state index is 11.9. The van der Waals surface area contributed by atoms with Crippen LogP contribution in [0.25, 0.3) is 0 Å². The Morgan fingerprint density at radius 2 is 1.80 bits per heavy atom. The topological polar surface area (TPSA) is 26.3 Å². The van der Waals surface area contributed by atoms with Gasteiger partial charge in [0, 0.05) is 0 Å². The normalized spacial score (nSPS) is 16.0. The van der Waals surface area contributed by atoms with Crippen LogP contribution in [0.1, 0.15) is 18.6 Å². The molecule has 0 amide bonds. The van der Waals surface area contributed by atoms with E-state index in [4.69, 9.17) is 0 Å². The first-order valence-corrected chi connectivity index (χ1v) is 5.19. The predicted octanol–water partition coefficient (Wildman–Crippen LogP) is 2.95. The van der Waals surface area contributed by atoms with E-state index < -0.39 is 22.7 Å². The quantitative estimate of drug-likeness (QED) is 0.809. The van der Waals surface area contributed by atoms with Crippen molar-refractivity contribution in [3.05, 3.63) is 35.9 Å². The molecule has 0 fully saturated rings. The predicted molar refractivity (Wildman–Crippen MR) is 50.1 cm³/mol. The van der Waals surface area contributed by atoms with Crippen molar-refractivity contribution in [2.24, 2.45) is 0 Å². The van der Waals surface area contributed by atoms with Gasteiger partial charge in [0.1, 0.15) is 0 Å². The Balaban J connectivity index is 2.65. The summed E-state index contributed by atoms with van der Waals surface area (Å²) in [5.74, 6) is 0. The lowest BCUT2D eigenvalue weighted by Gasteiger charge is -2.13. The van der Waals surface area contributed by atoms with E-state index in [1.165, 1.54) is 6.92 Å². The Labute approximate surface area is 87.7 Å². The maximum Gasteiger partial charge on any atom is 0.497 e. The molecule has 0 aliphatic rings. The van der Waals surface area contributed by atoms with Crippen molar-refractivity contribution in [2.45, 2.75) is 18.5 Å². The van der Waals surface area contributed by atoms with Gasteiger partial charge >= 0.3 is 5.51 Å². The smallest absolute Gasteiger partial charge is 0.276 e. The van der Waals surface area contributed by atoms with Crippen LogP contribution in [-0.4, -0.2) is 9.72 Å². The van der Waals surface area contributed by atoms with Gasteiger partial charge in [-0.1, -0.05) is 30.3 Å². The zero-order valence-corrected chi connectivity index (χ0v) is 8.64. The van der Waals surface area contributed by atoms with Gasteiger partial charge in [-0.3, -0.25) is 4.18 Å². The van der Waals surface area contributed by atoms with Crippen molar-refractivity contribution in [1.82, 2.24) is 0 Å². The van der Waals surface area contributed by atoms with Crippen LogP contribution in [-0.2, 0) is 15.3 Å². The molecule has 0 spiro atoms. The Hall–Kier alpha value is -0.880. The first kappa shape index (κ1) is 12.2. The molecule has 6 heteroatoms. The van der Waals surface area contributed by atoms with Crippen LogP contribution in [0.4, 0.5) is 13.2 Å². The van der Waals surface area contributed by atoms with E-state index in [0.717, 1.165) is 0 Å².